The molecule has 86 valence electrons. The van der Waals surface area contributed by atoms with E-state index in [4.69, 9.17) is 0 Å². The largest absolute Gasteiger partial charge is 0.287 e. The van der Waals surface area contributed by atoms with E-state index >= 15 is 0 Å². The van der Waals surface area contributed by atoms with E-state index < -0.39 is 7.92 Å². The first kappa shape index (κ1) is 12.3. The molecular formula is C14H13OPS. The Morgan fingerprint density at radius 1 is 0.882 bits per heavy atom. The van der Waals surface area contributed by atoms with Gasteiger partial charge in [-0.3, -0.25) is 4.79 Å². The normalized spacial score (nSPS) is 10.5. The molecule has 0 atom stereocenters. The van der Waals surface area contributed by atoms with Crippen molar-refractivity contribution < 1.29 is 4.79 Å². The Morgan fingerprint density at radius 3 is 1.65 bits per heavy atom. The van der Waals surface area contributed by atoms with Gasteiger partial charge in [0.1, 0.15) is 0 Å². The predicted octanol–water partition coefficient (Wildman–Crippen LogP) is 2.58. The van der Waals surface area contributed by atoms with E-state index in [1.54, 1.807) is 0 Å². The molecule has 0 aromatic heterocycles. The molecule has 2 rings (SSSR count). The summed E-state index contributed by atoms with van der Waals surface area (Å²) in [6, 6.07) is 20.3. The van der Waals surface area contributed by atoms with E-state index in [9.17, 15) is 4.79 Å². The number of carbonyl (C=O) groups is 1. The number of hydrogen-bond acceptors (Lipinski definition) is 1. The van der Waals surface area contributed by atoms with Crippen LogP contribution in [0.15, 0.2) is 60.7 Å². The summed E-state index contributed by atoms with van der Waals surface area (Å²) >= 11 is 3.92. The van der Waals surface area contributed by atoms with Gasteiger partial charge in [-0.1, -0.05) is 60.7 Å². The lowest BCUT2D eigenvalue weighted by Crippen LogP contribution is -2.16. The van der Waals surface area contributed by atoms with E-state index in [2.05, 4.69) is 36.9 Å². The molecule has 0 amide bonds. The van der Waals surface area contributed by atoms with Crippen molar-refractivity contribution >= 4 is 36.3 Å². The molecule has 0 unspecified atom stereocenters. The summed E-state index contributed by atoms with van der Waals surface area (Å²) < 4.78 is 0. The third kappa shape index (κ3) is 3.42. The van der Waals surface area contributed by atoms with E-state index in [1.165, 1.54) is 10.6 Å². The van der Waals surface area contributed by atoms with Gasteiger partial charge in [-0.15, -0.1) is 12.6 Å². The summed E-state index contributed by atoms with van der Waals surface area (Å²) in [5.41, 5.74) is 0. The van der Waals surface area contributed by atoms with E-state index in [1.807, 2.05) is 36.4 Å². The molecule has 0 radical (unpaired) electrons. The van der Waals surface area contributed by atoms with Crippen molar-refractivity contribution in [3.8, 4) is 0 Å². The van der Waals surface area contributed by atoms with Crippen LogP contribution in [0.1, 0.15) is 0 Å². The Hall–Kier alpha value is -1.11. The van der Waals surface area contributed by atoms with Crippen LogP contribution in [0, 0.1) is 0 Å². The monoisotopic (exact) mass is 260 g/mol. The molecule has 0 aliphatic heterocycles. The Morgan fingerprint density at radius 2 is 1.29 bits per heavy atom. The maximum absolute atomic E-state index is 11.3. The molecular weight excluding hydrogens is 247 g/mol. The number of carbonyl (C=O) groups excluding carboxylic acids is 1. The maximum Gasteiger partial charge on any atom is 0.190 e. The van der Waals surface area contributed by atoms with Gasteiger partial charge in [-0.05, 0) is 18.5 Å². The first-order valence-corrected chi connectivity index (χ1v) is 7.34. The lowest BCUT2D eigenvalue weighted by Gasteiger charge is -2.16. The average Bonchev–Trinajstić information content (AvgIpc) is 2.38. The highest BCUT2D eigenvalue weighted by atomic mass is 32.1. The van der Waals surface area contributed by atoms with Crippen LogP contribution in [0.5, 0.6) is 0 Å². The zero-order chi connectivity index (χ0) is 12.1. The predicted molar refractivity (Wildman–Crippen MR) is 77.9 cm³/mol. The first-order chi connectivity index (χ1) is 8.27. The molecule has 0 saturated heterocycles. The summed E-state index contributed by atoms with van der Waals surface area (Å²) in [6.07, 6.45) is 0.493. The average molecular weight is 260 g/mol. The van der Waals surface area contributed by atoms with Crippen molar-refractivity contribution in [2.24, 2.45) is 0 Å². The standard InChI is InChI=1S/C14H13OPS/c15-14(17)11-16(12-7-3-1-4-8-12)13-9-5-2-6-10-13/h1-10H,11H2,(H,15,17). The molecule has 0 bridgehead atoms. The van der Waals surface area contributed by atoms with Gasteiger partial charge < -0.3 is 0 Å². The molecule has 0 spiro atoms. The Balaban J connectivity index is 2.36. The molecule has 0 fully saturated rings. The second-order valence-electron chi connectivity index (χ2n) is 3.65. The molecule has 0 N–H and O–H groups in total. The van der Waals surface area contributed by atoms with Crippen LogP contribution in [0.3, 0.4) is 0 Å². The molecule has 0 saturated carbocycles. The highest BCUT2D eigenvalue weighted by Gasteiger charge is 2.15. The summed E-state index contributed by atoms with van der Waals surface area (Å²) in [6.45, 7) is 0. The zero-order valence-electron chi connectivity index (χ0n) is 9.28. The number of benzene rings is 2. The fourth-order valence-electron chi connectivity index (χ4n) is 1.68. The number of rotatable bonds is 4. The quantitative estimate of drug-likeness (QED) is 0.660. The molecule has 0 aliphatic carbocycles. The van der Waals surface area contributed by atoms with Crippen LogP contribution >= 0.6 is 20.6 Å². The zero-order valence-corrected chi connectivity index (χ0v) is 11.1. The highest BCUT2D eigenvalue weighted by Crippen LogP contribution is 2.33. The molecule has 2 aromatic carbocycles. The van der Waals surface area contributed by atoms with E-state index in [0.29, 0.717) is 6.16 Å². The van der Waals surface area contributed by atoms with Crippen molar-refractivity contribution in [1.82, 2.24) is 0 Å². The summed E-state index contributed by atoms with van der Waals surface area (Å²) in [5, 5.41) is 2.39. The van der Waals surface area contributed by atoms with Gasteiger partial charge in [0.2, 0.25) is 0 Å². The summed E-state index contributed by atoms with van der Waals surface area (Å²) in [7, 11) is -0.616. The van der Waals surface area contributed by atoms with Crippen LogP contribution in [-0.2, 0) is 4.79 Å². The molecule has 1 nitrogen and oxygen atoms in total. The minimum atomic E-state index is -0.616. The molecule has 0 aliphatic rings. The second kappa shape index (κ2) is 6.00. The summed E-state index contributed by atoms with van der Waals surface area (Å²) in [4.78, 5) is 11.3. The lowest BCUT2D eigenvalue weighted by molar-refractivity contribution is -0.108. The fraction of sp³-hybridized carbons (Fsp3) is 0.0714. The summed E-state index contributed by atoms with van der Waals surface area (Å²) in [5.74, 6) is 0. The van der Waals surface area contributed by atoms with E-state index in [0.717, 1.165) is 0 Å². The van der Waals surface area contributed by atoms with Crippen LogP contribution in [0.4, 0.5) is 0 Å². The minimum Gasteiger partial charge on any atom is -0.287 e. The van der Waals surface area contributed by atoms with Gasteiger partial charge >= 0.3 is 0 Å². The number of thiol groups is 1. The fourth-order valence-corrected chi connectivity index (χ4v) is 4.10. The Kier molecular flexibility index (Phi) is 4.36. The Bertz CT molecular complexity index is 445. The third-order valence-electron chi connectivity index (χ3n) is 2.43. The van der Waals surface area contributed by atoms with Crippen molar-refractivity contribution in [2.45, 2.75) is 0 Å². The van der Waals surface area contributed by atoms with Gasteiger partial charge in [0.25, 0.3) is 0 Å². The van der Waals surface area contributed by atoms with Crippen LogP contribution < -0.4 is 10.6 Å². The van der Waals surface area contributed by atoms with Crippen molar-refractivity contribution in [3.63, 3.8) is 0 Å². The van der Waals surface area contributed by atoms with Gasteiger partial charge in [-0.2, -0.15) is 0 Å². The molecule has 3 heteroatoms. The van der Waals surface area contributed by atoms with E-state index in [-0.39, 0.29) is 5.12 Å². The SMILES string of the molecule is O=C(S)CP(c1ccccc1)c1ccccc1. The smallest absolute Gasteiger partial charge is 0.190 e. The van der Waals surface area contributed by atoms with Crippen molar-refractivity contribution in [3.05, 3.63) is 60.7 Å². The molecule has 17 heavy (non-hydrogen) atoms. The molecule has 0 heterocycles. The second-order valence-corrected chi connectivity index (χ2v) is 6.35. The molecule has 2 aromatic rings. The lowest BCUT2D eigenvalue weighted by atomic mass is 10.4. The van der Waals surface area contributed by atoms with Crippen LogP contribution in [-0.4, -0.2) is 11.3 Å². The van der Waals surface area contributed by atoms with Gasteiger partial charge in [-0.25, -0.2) is 0 Å². The topological polar surface area (TPSA) is 17.1 Å². The van der Waals surface area contributed by atoms with Gasteiger partial charge in [0.15, 0.2) is 5.12 Å². The maximum atomic E-state index is 11.3. The van der Waals surface area contributed by atoms with Crippen molar-refractivity contribution in [2.75, 3.05) is 6.16 Å². The van der Waals surface area contributed by atoms with Gasteiger partial charge in [0.05, 0.1) is 0 Å². The van der Waals surface area contributed by atoms with Crippen molar-refractivity contribution in [1.29, 1.82) is 0 Å². The third-order valence-corrected chi connectivity index (χ3v) is 5.28. The number of hydrogen-bond donors (Lipinski definition) is 1. The van der Waals surface area contributed by atoms with Gasteiger partial charge in [0, 0.05) is 6.16 Å². The van der Waals surface area contributed by atoms with Crippen LogP contribution in [0.2, 0.25) is 0 Å². The minimum absolute atomic E-state index is 0.0520. The first-order valence-electron chi connectivity index (χ1n) is 5.37. The van der Waals surface area contributed by atoms with Crippen LogP contribution in [0.25, 0.3) is 0 Å². The highest BCUT2D eigenvalue weighted by molar-refractivity contribution is 7.98. The Labute approximate surface area is 108 Å².